The van der Waals surface area contributed by atoms with E-state index in [-0.39, 0.29) is 5.91 Å². The zero-order valence-corrected chi connectivity index (χ0v) is 14.7. The van der Waals surface area contributed by atoms with Crippen molar-refractivity contribution >= 4 is 11.7 Å². The number of hydrogen-bond acceptors (Lipinski definition) is 3. The summed E-state index contributed by atoms with van der Waals surface area (Å²) in [6, 6.07) is 5.80. The van der Waals surface area contributed by atoms with E-state index in [0.717, 1.165) is 22.4 Å². The van der Waals surface area contributed by atoms with Gasteiger partial charge in [-0.2, -0.15) is 5.10 Å². The van der Waals surface area contributed by atoms with Gasteiger partial charge < -0.3 is 9.88 Å². The summed E-state index contributed by atoms with van der Waals surface area (Å²) in [7, 11) is 3.91. The first-order valence-corrected chi connectivity index (χ1v) is 8.45. The Morgan fingerprint density at radius 3 is 2.72 bits per heavy atom. The molecule has 3 aromatic heterocycles. The average molecular weight is 335 g/mol. The monoisotopic (exact) mass is 335 g/mol. The summed E-state index contributed by atoms with van der Waals surface area (Å²) in [5, 5.41) is 7.11. The van der Waals surface area contributed by atoms with E-state index in [1.807, 2.05) is 45.4 Å². The average Bonchev–Trinajstić information content (AvgIpc) is 3.27. The maximum absolute atomic E-state index is 12.7. The van der Waals surface area contributed by atoms with Crippen LogP contribution in [0.2, 0.25) is 0 Å². The summed E-state index contributed by atoms with van der Waals surface area (Å²) in [6.45, 7) is 1.99. The lowest BCUT2D eigenvalue weighted by Gasteiger charge is -2.06. The number of carbonyl (C=O) groups excluding carboxylic acids is 1. The number of nitrogens with one attached hydrogen (secondary N) is 1. The molecular weight excluding hydrogens is 314 g/mol. The van der Waals surface area contributed by atoms with Crippen molar-refractivity contribution in [2.24, 2.45) is 14.1 Å². The van der Waals surface area contributed by atoms with E-state index in [1.54, 1.807) is 17.1 Å². The Kier molecular flexibility index (Phi) is 3.67. The highest BCUT2D eigenvalue weighted by molar-refractivity contribution is 6.05. The van der Waals surface area contributed by atoms with Crippen molar-refractivity contribution in [2.45, 2.75) is 25.7 Å². The summed E-state index contributed by atoms with van der Waals surface area (Å²) in [4.78, 5) is 17.0. The minimum atomic E-state index is -0.115. The third kappa shape index (κ3) is 2.95. The van der Waals surface area contributed by atoms with Crippen LogP contribution >= 0.6 is 0 Å². The minimum Gasteiger partial charge on any atom is -0.351 e. The minimum absolute atomic E-state index is 0.115. The summed E-state index contributed by atoms with van der Waals surface area (Å²) >= 11 is 0. The number of carbonyl (C=O) groups is 1. The van der Waals surface area contributed by atoms with Crippen molar-refractivity contribution in [3.05, 3.63) is 53.7 Å². The molecule has 6 nitrogen and oxygen atoms in total. The summed E-state index contributed by atoms with van der Waals surface area (Å²) in [5.74, 6) is 1.04. The number of pyridine rings is 1. The molecule has 1 amide bonds. The van der Waals surface area contributed by atoms with Crippen LogP contribution < -0.4 is 5.32 Å². The van der Waals surface area contributed by atoms with Gasteiger partial charge in [0.2, 0.25) is 0 Å². The number of nitrogens with zero attached hydrogens (tertiary/aromatic N) is 4. The van der Waals surface area contributed by atoms with Gasteiger partial charge in [0.25, 0.3) is 5.91 Å². The molecule has 3 aromatic rings. The largest absolute Gasteiger partial charge is 0.351 e. The number of hydrogen-bond donors (Lipinski definition) is 1. The van der Waals surface area contributed by atoms with E-state index < -0.39 is 0 Å². The van der Waals surface area contributed by atoms with Crippen LogP contribution in [0.4, 0.5) is 5.82 Å². The Bertz CT molecular complexity index is 949. The van der Waals surface area contributed by atoms with Gasteiger partial charge in [0.15, 0.2) is 0 Å². The maximum Gasteiger partial charge on any atom is 0.258 e. The van der Waals surface area contributed by atoms with Crippen LogP contribution in [-0.4, -0.2) is 25.2 Å². The van der Waals surface area contributed by atoms with E-state index in [2.05, 4.69) is 20.0 Å². The van der Waals surface area contributed by atoms with Crippen LogP contribution in [0.15, 0.2) is 36.8 Å². The Hall–Kier alpha value is -2.89. The van der Waals surface area contributed by atoms with Crippen molar-refractivity contribution in [1.29, 1.82) is 0 Å². The molecule has 1 aliphatic rings. The van der Waals surface area contributed by atoms with Crippen LogP contribution in [0.1, 0.15) is 40.5 Å². The predicted octanol–water partition coefficient (Wildman–Crippen LogP) is 3.26. The third-order valence-electron chi connectivity index (χ3n) is 4.85. The fourth-order valence-corrected chi connectivity index (χ4v) is 3.16. The third-order valence-corrected chi connectivity index (χ3v) is 4.85. The first-order valence-electron chi connectivity index (χ1n) is 8.45. The standard InChI is InChI=1S/C19H21N5O/c1-12-16(9-17(24(12)3)13-4-5-13)19(25)22-18-8-14(6-7-20-18)15-10-21-23(2)11-15/h6-11,13H,4-5H2,1-3H3,(H,20,22,25). The topological polar surface area (TPSA) is 64.7 Å². The lowest BCUT2D eigenvalue weighted by molar-refractivity contribution is 0.102. The van der Waals surface area contributed by atoms with Gasteiger partial charge in [0.05, 0.1) is 11.8 Å². The predicted molar refractivity (Wildman–Crippen MR) is 96.5 cm³/mol. The Labute approximate surface area is 146 Å². The lowest BCUT2D eigenvalue weighted by atomic mass is 10.1. The summed E-state index contributed by atoms with van der Waals surface area (Å²) in [5.41, 5.74) is 4.93. The first kappa shape index (κ1) is 15.6. The van der Waals surface area contributed by atoms with Crippen molar-refractivity contribution in [3.8, 4) is 11.1 Å². The molecule has 4 rings (SSSR count). The molecule has 1 saturated carbocycles. The van der Waals surface area contributed by atoms with Gasteiger partial charge in [0.1, 0.15) is 5.82 Å². The van der Waals surface area contributed by atoms with E-state index in [4.69, 9.17) is 0 Å². The molecule has 0 unspecified atom stereocenters. The maximum atomic E-state index is 12.7. The molecule has 0 bridgehead atoms. The number of anilines is 1. The summed E-state index contributed by atoms with van der Waals surface area (Å²) < 4.78 is 3.88. The molecule has 6 heteroatoms. The van der Waals surface area contributed by atoms with Gasteiger partial charge in [0, 0.05) is 43.4 Å². The van der Waals surface area contributed by atoms with Crippen LogP contribution in [0.25, 0.3) is 11.1 Å². The van der Waals surface area contributed by atoms with Crippen molar-refractivity contribution in [3.63, 3.8) is 0 Å². The van der Waals surface area contributed by atoms with Gasteiger partial charge in [-0.1, -0.05) is 0 Å². The number of rotatable bonds is 4. The molecule has 0 radical (unpaired) electrons. The van der Waals surface area contributed by atoms with Crippen molar-refractivity contribution < 1.29 is 4.79 Å². The van der Waals surface area contributed by atoms with E-state index >= 15 is 0 Å². The molecule has 1 fully saturated rings. The summed E-state index contributed by atoms with van der Waals surface area (Å²) in [6.07, 6.45) is 7.86. The second-order valence-corrected chi connectivity index (χ2v) is 6.69. The quantitative estimate of drug-likeness (QED) is 0.796. The Morgan fingerprint density at radius 1 is 1.24 bits per heavy atom. The number of amides is 1. The van der Waals surface area contributed by atoms with Crippen LogP contribution in [0.3, 0.4) is 0 Å². The molecular formula is C19H21N5O. The highest BCUT2D eigenvalue weighted by Gasteiger charge is 2.29. The zero-order chi connectivity index (χ0) is 17.6. The SMILES string of the molecule is Cc1c(C(=O)Nc2cc(-c3cnn(C)c3)ccn2)cc(C2CC2)n1C. The van der Waals surface area contributed by atoms with Crippen LogP contribution in [0.5, 0.6) is 0 Å². The molecule has 0 atom stereocenters. The molecule has 0 spiro atoms. The molecule has 0 aromatic carbocycles. The van der Waals surface area contributed by atoms with Crippen LogP contribution in [-0.2, 0) is 14.1 Å². The molecule has 3 heterocycles. The van der Waals surface area contributed by atoms with Crippen LogP contribution in [0, 0.1) is 6.92 Å². The molecule has 0 saturated heterocycles. The fourth-order valence-electron chi connectivity index (χ4n) is 3.16. The molecule has 0 aliphatic heterocycles. The number of aryl methyl sites for hydroxylation is 1. The zero-order valence-electron chi connectivity index (χ0n) is 14.7. The second kappa shape index (κ2) is 5.88. The van der Waals surface area contributed by atoms with E-state index in [9.17, 15) is 4.79 Å². The highest BCUT2D eigenvalue weighted by Crippen LogP contribution is 2.41. The van der Waals surface area contributed by atoms with E-state index in [0.29, 0.717) is 11.7 Å². The second-order valence-electron chi connectivity index (χ2n) is 6.69. The molecule has 25 heavy (non-hydrogen) atoms. The van der Waals surface area contributed by atoms with Gasteiger partial charge in [-0.15, -0.1) is 0 Å². The van der Waals surface area contributed by atoms with Gasteiger partial charge >= 0.3 is 0 Å². The smallest absolute Gasteiger partial charge is 0.258 e. The first-order chi connectivity index (χ1) is 12.0. The molecule has 1 aliphatic carbocycles. The highest BCUT2D eigenvalue weighted by atomic mass is 16.1. The van der Waals surface area contributed by atoms with Crippen molar-refractivity contribution in [1.82, 2.24) is 19.3 Å². The van der Waals surface area contributed by atoms with Crippen molar-refractivity contribution in [2.75, 3.05) is 5.32 Å². The van der Waals surface area contributed by atoms with Gasteiger partial charge in [-0.05, 0) is 49.4 Å². The normalized spacial score (nSPS) is 13.9. The number of aromatic nitrogens is 4. The fraction of sp³-hybridized carbons (Fsp3) is 0.316. The van der Waals surface area contributed by atoms with Gasteiger partial charge in [-0.3, -0.25) is 9.48 Å². The molecule has 1 N–H and O–H groups in total. The van der Waals surface area contributed by atoms with Gasteiger partial charge in [-0.25, -0.2) is 4.98 Å². The lowest BCUT2D eigenvalue weighted by Crippen LogP contribution is -2.13. The Morgan fingerprint density at radius 2 is 2.04 bits per heavy atom. The molecule has 128 valence electrons. The Balaban J connectivity index is 1.58. The van der Waals surface area contributed by atoms with E-state index in [1.165, 1.54) is 18.5 Å².